The van der Waals surface area contributed by atoms with E-state index in [9.17, 15) is 4.79 Å². The normalized spacial score (nSPS) is 10.7. The van der Waals surface area contributed by atoms with Gasteiger partial charge in [-0.25, -0.2) is 15.0 Å². The predicted octanol–water partition coefficient (Wildman–Crippen LogP) is 2.96. The largest absolute Gasteiger partial charge is 0.481 e. The first-order valence-corrected chi connectivity index (χ1v) is 7.44. The van der Waals surface area contributed by atoms with E-state index in [1.165, 1.54) is 11.3 Å². The van der Waals surface area contributed by atoms with E-state index in [1.807, 2.05) is 13.8 Å². The molecule has 0 aliphatic carbocycles. The summed E-state index contributed by atoms with van der Waals surface area (Å²) in [4.78, 5) is 25.2. The molecule has 0 unspecified atom stereocenters. The molecule has 0 aliphatic heterocycles. The van der Waals surface area contributed by atoms with Crippen LogP contribution in [-0.4, -0.2) is 28.0 Å². The molecule has 0 saturated carbocycles. The summed E-state index contributed by atoms with van der Waals surface area (Å²) in [5, 5.41) is 3.74. The second-order valence-electron chi connectivity index (χ2n) is 4.74. The number of amides is 1. The Kier molecular flexibility index (Phi) is 3.72. The average molecular weight is 314 g/mol. The molecule has 3 aromatic heterocycles. The number of nitrogens with zero attached hydrogens (tertiary/aromatic N) is 3. The van der Waals surface area contributed by atoms with Gasteiger partial charge in [0.15, 0.2) is 0 Å². The summed E-state index contributed by atoms with van der Waals surface area (Å²) in [7, 11) is 1.55. The van der Waals surface area contributed by atoms with E-state index in [2.05, 4.69) is 20.3 Å². The minimum Gasteiger partial charge on any atom is -0.481 e. The molecule has 0 spiro atoms. The van der Waals surface area contributed by atoms with Crippen LogP contribution in [-0.2, 0) is 0 Å². The van der Waals surface area contributed by atoms with Gasteiger partial charge < -0.3 is 10.1 Å². The molecule has 0 aromatic carbocycles. The number of aromatic nitrogens is 3. The maximum absolute atomic E-state index is 12.5. The highest BCUT2D eigenvalue weighted by Crippen LogP contribution is 2.25. The van der Waals surface area contributed by atoms with Crippen molar-refractivity contribution >= 4 is 33.1 Å². The SMILES string of the molecule is COc1cc(C)c(NC(=O)c2nccc3nc(C)sc23)cn1. The maximum Gasteiger partial charge on any atom is 0.275 e. The van der Waals surface area contributed by atoms with Crippen LogP contribution in [0.3, 0.4) is 0 Å². The van der Waals surface area contributed by atoms with Crippen molar-refractivity contribution in [2.75, 3.05) is 12.4 Å². The third-order valence-corrected chi connectivity index (χ3v) is 4.16. The highest BCUT2D eigenvalue weighted by atomic mass is 32.1. The van der Waals surface area contributed by atoms with E-state index < -0.39 is 0 Å². The predicted molar refractivity (Wildman–Crippen MR) is 85.6 cm³/mol. The van der Waals surface area contributed by atoms with Gasteiger partial charge in [0.25, 0.3) is 5.91 Å². The van der Waals surface area contributed by atoms with Gasteiger partial charge in [-0.3, -0.25) is 4.79 Å². The van der Waals surface area contributed by atoms with Crippen molar-refractivity contribution in [3.8, 4) is 5.88 Å². The number of hydrogen-bond acceptors (Lipinski definition) is 6. The number of methoxy groups -OCH3 is 1. The molecular formula is C15H14N4O2S. The van der Waals surface area contributed by atoms with Gasteiger partial charge in [-0.05, 0) is 25.5 Å². The number of aryl methyl sites for hydroxylation is 2. The number of fused-ring (bicyclic) bond motifs is 1. The second kappa shape index (κ2) is 5.69. The molecule has 1 amide bonds. The third kappa shape index (κ3) is 2.62. The van der Waals surface area contributed by atoms with Gasteiger partial charge >= 0.3 is 0 Å². The van der Waals surface area contributed by atoms with Crippen molar-refractivity contribution in [1.82, 2.24) is 15.0 Å². The first kappa shape index (κ1) is 14.4. The zero-order chi connectivity index (χ0) is 15.7. The smallest absolute Gasteiger partial charge is 0.275 e. The number of pyridine rings is 2. The number of thiazole rings is 1. The molecule has 0 saturated heterocycles. The Morgan fingerprint density at radius 2 is 2.14 bits per heavy atom. The minimum absolute atomic E-state index is 0.274. The van der Waals surface area contributed by atoms with Gasteiger partial charge in [-0.15, -0.1) is 11.3 Å². The molecule has 0 atom stereocenters. The maximum atomic E-state index is 12.5. The molecule has 0 aliphatic rings. The summed E-state index contributed by atoms with van der Waals surface area (Å²) in [5.74, 6) is 0.234. The van der Waals surface area contributed by atoms with E-state index in [0.29, 0.717) is 17.3 Å². The van der Waals surface area contributed by atoms with E-state index in [4.69, 9.17) is 4.74 Å². The van der Waals surface area contributed by atoms with Crippen molar-refractivity contribution < 1.29 is 9.53 Å². The molecular weight excluding hydrogens is 300 g/mol. The molecule has 1 N–H and O–H groups in total. The van der Waals surface area contributed by atoms with Crippen LogP contribution in [0.2, 0.25) is 0 Å². The van der Waals surface area contributed by atoms with Crippen LogP contribution >= 0.6 is 11.3 Å². The number of rotatable bonds is 3. The van der Waals surface area contributed by atoms with Gasteiger partial charge in [0.1, 0.15) is 5.69 Å². The molecule has 3 rings (SSSR count). The average Bonchev–Trinajstić information content (AvgIpc) is 2.89. The Labute approximate surface area is 131 Å². The van der Waals surface area contributed by atoms with Crippen molar-refractivity contribution in [3.63, 3.8) is 0 Å². The number of ether oxygens (including phenoxy) is 1. The fraction of sp³-hybridized carbons (Fsp3) is 0.200. The summed E-state index contributed by atoms with van der Waals surface area (Å²) in [6, 6.07) is 3.57. The van der Waals surface area contributed by atoms with Crippen LogP contribution in [0.4, 0.5) is 5.69 Å². The van der Waals surface area contributed by atoms with Crippen LogP contribution in [0.25, 0.3) is 10.2 Å². The zero-order valence-corrected chi connectivity index (χ0v) is 13.2. The fourth-order valence-electron chi connectivity index (χ4n) is 2.08. The zero-order valence-electron chi connectivity index (χ0n) is 12.4. The van der Waals surface area contributed by atoms with E-state index >= 15 is 0 Å². The number of anilines is 1. The molecule has 0 radical (unpaired) electrons. The summed E-state index contributed by atoms with van der Waals surface area (Å²) in [6.07, 6.45) is 3.17. The van der Waals surface area contributed by atoms with E-state index in [1.54, 1.807) is 31.6 Å². The van der Waals surface area contributed by atoms with E-state index in [0.717, 1.165) is 20.8 Å². The molecule has 112 valence electrons. The molecule has 3 heterocycles. The standard InChI is InChI=1S/C15H14N4O2S/c1-8-6-12(21-3)17-7-11(8)19-15(20)13-14-10(4-5-16-13)18-9(2)22-14/h4-7H,1-3H3,(H,19,20). The van der Waals surface area contributed by atoms with Crippen molar-refractivity contribution in [1.29, 1.82) is 0 Å². The van der Waals surface area contributed by atoms with Crippen molar-refractivity contribution in [2.24, 2.45) is 0 Å². The van der Waals surface area contributed by atoms with Crippen LogP contribution in [0.5, 0.6) is 5.88 Å². The lowest BCUT2D eigenvalue weighted by atomic mass is 10.2. The van der Waals surface area contributed by atoms with Gasteiger partial charge in [0.05, 0.1) is 34.2 Å². The lowest BCUT2D eigenvalue weighted by Crippen LogP contribution is -2.14. The van der Waals surface area contributed by atoms with Gasteiger partial charge in [0, 0.05) is 12.3 Å². The van der Waals surface area contributed by atoms with Gasteiger partial charge in [-0.1, -0.05) is 0 Å². The highest BCUT2D eigenvalue weighted by Gasteiger charge is 2.16. The Morgan fingerprint density at radius 1 is 1.32 bits per heavy atom. The Balaban J connectivity index is 1.93. The molecule has 6 nitrogen and oxygen atoms in total. The number of carbonyl (C=O) groups is 1. The lowest BCUT2D eigenvalue weighted by molar-refractivity contribution is 0.102. The van der Waals surface area contributed by atoms with Crippen LogP contribution in [0, 0.1) is 13.8 Å². The second-order valence-corrected chi connectivity index (χ2v) is 5.94. The molecule has 0 fully saturated rings. The summed E-state index contributed by atoms with van der Waals surface area (Å²) < 4.78 is 5.85. The summed E-state index contributed by atoms with van der Waals surface area (Å²) >= 11 is 1.46. The Bertz CT molecular complexity index is 860. The van der Waals surface area contributed by atoms with E-state index in [-0.39, 0.29) is 5.91 Å². The van der Waals surface area contributed by atoms with Crippen LogP contribution < -0.4 is 10.1 Å². The number of nitrogens with one attached hydrogen (secondary N) is 1. The van der Waals surface area contributed by atoms with Gasteiger partial charge in [-0.2, -0.15) is 0 Å². The van der Waals surface area contributed by atoms with Gasteiger partial charge in [0.2, 0.25) is 5.88 Å². The quantitative estimate of drug-likeness (QED) is 0.804. The minimum atomic E-state index is -0.274. The van der Waals surface area contributed by atoms with Crippen LogP contribution in [0.15, 0.2) is 24.5 Å². The first-order valence-electron chi connectivity index (χ1n) is 6.62. The van der Waals surface area contributed by atoms with Crippen molar-refractivity contribution in [2.45, 2.75) is 13.8 Å². The lowest BCUT2D eigenvalue weighted by Gasteiger charge is -2.09. The highest BCUT2D eigenvalue weighted by molar-refractivity contribution is 7.18. The van der Waals surface area contributed by atoms with Crippen molar-refractivity contribution in [3.05, 3.63) is 40.8 Å². The Hall–Kier alpha value is -2.54. The number of hydrogen-bond donors (Lipinski definition) is 1. The monoisotopic (exact) mass is 314 g/mol. The molecule has 3 aromatic rings. The topological polar surface area (TPSA) is 77.0 Å². The third-order valence-electron chi connectivity index (χ3n) is 3.17. The first-order chi connectivity index (χ1) is 10.6. The molecule has 22 heavy (non-hydrogen) atoms. The fourth-order valence-corrected chi connectivity index (χ4v) is 2.98. The molecule has 0 bridgehead atoms. The summed E-state index contributed by atoms with van der Waals surface area (Å²) in [5.41, 5.74) is 2.66. The summed E-state index contributed by atoms with van der Waals surface area (Å²) in [6.45, 7) is 3.79. The van der Waals surface area contributed by atoms with Crippen LogP contribution in [0.1, 0.15) is 21.1 Å². The molecule has 7 heteroatoms. The Morgan fingerprint density at radius 3 is 2.86 bits per heavy atom. The number of carbonyl (C=O) groups excluding carboxylic acids is 1.